The highest BCUT2D eigenvalue weighted by molar-refractivity contribution is 7.86. The Morgan fingerprint density at radius 3 is 1.83 bits per heavy atom. The molecule has 3 heterocycles. The van der Waals surface area contributed by atoms with E-state index < -0.39 is 7.14 Å². The van der Waals surface area contributed by atoms with Crippen molar-refractivity contribution in [3.05, 3.63) is 212 Å². The molecule has 0 radical (unpaired) electrons. The quantitative estimate of drug-likeness (QED) is 0.158. The Balaban J connectivity index is 0.954. The second kappa shape index (κ2) is 13.1. The minimum Gasteiger partial charge on any atom is -0.456 e. The number of nitrogens with zero attached hydrogens (tertiary/aromatic N) is 2. The maximum atomic E-state index is 15.5. The fourth-order valence-electron chi connectivity index (χ4n) is 9.33. The second-order valence-corrected chi connectivity index (χ2v) is 17.9. The second-order valence-electron chi connectivity index (χ2n) is 15.2. The van der Waals surface area contributed by atoms with Crippen molar-refractivity contribution in [3.63, 3.8) is 0 Å². The summed E-state index contributed by atoms with van der Waals surface area (Å²) in [7, 11) is -3.10. The molecule has 9 aromatic carbocycles. The van der Waals surface area contributed by atoms with Crippen LogP contribution in [-0.4, -0.2) is 4.57 Å². The zero-order chi connectivity index (χ0) is 39.1. The van der Waals surface area contributed by atoms with Crippen molar-refractivity contribution in [2.24, 2.45) is 0 Å². The number of fused-ring (bicyclic) bond motifs is 10. The van der Waals surface area contributed by atoms with E-state index in [4.69, 9.17) is 4.42 Å². The smallest absolute Gasteiger partial charge is 0.172 e. The summed E-state index contributed by atoms with van der Waals surface area (Å²) in [6.45, 7) is 0. The minimum atomic E-state index is -3.10. The number of benzene rings is 9. The zero-order valence-corrected chi connectivity index (χ0v) is 32.8. The lowest BCUT2D eigenvalue weighted by atomic mass is 10.0. The Hall–Kier alpha value is -7.39. The molecule has 278 valence electrons. The molecule has 0 N–H and O–H groups in total. The molecule has 2 aromatic heterocycles. The van der Waals surface area contributed by atoms with Gasteiger partial charge < -0.3 is 18.4 Å². The molecule has 1 aliphatic heterocycles. The van der Waals surface area contributed by atoms with Crippen molar-refractivity contribution in [3.8, 4) is 27.9 Å². The van der Waals surface area contributed by atoms with Crippen LogP contribution < -0.4 is 20.8 Å². The third-order valence-corrected chi connectivity index (χ3v) is 15.2. The highest BCUT2D eigenvalue weighted by Gasteiger charge is 2.41. The van der Waals surface area contributed by atoms with Gasteiger partial charge in [0.25, 0.3) is 0 Å². The molecule has 59 heavy (non-hydrogen) atoms. The molecular weight excluding hydrogens is 740 g/mol. The van der Waals surface area contributed by atoms with E-state index in [9.17, 15) is 0 Å². The first-order valence-electron chi connectivity index (χ1n) is 19.9. The Labute approximate surface area is 341 Å². The van der Waals surface area contributed by atoms with Gasteiger partial charge in [-0.15, -0.1) is 0 Å². The van der Waals surface area contributed by atoms with Gasteiger partial charge >= 0.3 is 0 Å². The van der Waals surface area contributed by atoms with Crippen molar-refractivity contribution < 1.29 is 8.98 Å². The fourth-order valence-corrected chi connectivity index (χ4v) is 12.4. The van der Waals surface area contributed by atoms with Gasteiger partial charge in [-0.25, -0.2) is 0 Å². The normalized spacial score (nSPS) is 14.6. The molecule has 4 nitrogen and oxygen atoms in total. The van der Waals surface area contributed by atoms with E-state index >= 15 is 4.57 Å². The number of hydrogen-bond donors (Lipinski definition) is 0. The summed E-state index contributed by atoms with van der Waals surface area (Å²) in [4.78, 5) is 2.27. The average molecular weight is 775 g/mol. The summed E-state index contributed by atoms with van der Waals surface area (Å²) in [5, 5.41) is 7.23. The number of aromatic nitrogens is 1. The number of furan rings is 1. The first kappa shape index (κ1) is 33.7. The molecule has 0 aliphatic carbocycles. The Kier molecular flexibility index (Phi) is 7.47. The molecule has 1 aliphatic rings. The van der Waals surface area contributed by atoms with Crippen LogP contribution in [-0.2, 0) is 4.57 Å². The van der Waals surface area contributed by atoms with Gasteiger partial charge in [0.05, 0.1) is 11.0 Å². The van der Waals surface area contributed by atoms with Crippen molar-refractivity contribution in [1.82, 2.24) is 4.57 Å². The van der Waals surface area contributed by atoms with E-state index in [2.05, 4.69) is 167 Å². The predicted molar refractivity (Wildman–Crippen MR) is 247 cm³/mol. The van der Waals surface area contributed by atoms with Crippen LogP contribution in [0.5, 0.6) is 0 Å². The van der Waals surface area contributed by atoms with Crippen LogP contribution in [0.2, 0.25) is 0 Å². The van der Waals surface area contributed by atoms with Gasteiger partial charge in [0.2, 0.25) is 0 Å². The van der Waals surface area contributed by atoms with E-state index in [0.29, 0.717) is 0 Å². The summed E-state index contributed by atoms with van der Waals surface area (Å²) in [6.07, 6.45) is 0. The van der Waals surface area contributed by atoms with Crippen molar-refractivity contribution >= 4 is 83.9 Å². The first-order chi connectivity index (χ1) is 29.1. The van der Waals surface area contributed by atoms with E-state index in [-0.39, 0.29) is 0 Å². The maximum absolute atomic E-state index is 15.5. The minimum absolute atomic E-state index is 0.864. The van der Waals surface area contributed by atoms with Crippen molar-refractivity contribution in [2.45, 2.75) is 0 Å². The van der Waals surface area contributed by atoms with Gasteiger partial charge in [-0.3, -0.25) is 0 Å². The topological polar surface area (TPSA) is 38.4 Å². The summed E-state index contributed by atoms with van der Waals surface area (Å²) in [5.74, 6) is 0. The SMILES string of the molecule is O=P1(c2ccccc2)c2ccccc2-c2c1ccc1c3ccccc3n(-c3ccc(-c4ccc(N(c5ccccc5)c5ccc6c(c5)oc5ccccc56)cc4)cc3)c21. The van der Waals surface area contributed by atoms with Crippen LogP contribution in [0, 0.1) is 0 Å². The first-order valence-corrected chi connectivity index (χ1v) is 21.7. The molecule has 0 spiro atoms. The van der Waals surface area contributed by atoms with Crippen molar-refractivity contribution in [1.29, 1.82) is 0 Å². The number of anilines is 3. The third kappa shape index (κ3) is 5.07. The molecule has 0 saturated carbocycles. The number of hydrogen-bond acceptors (Lipinski definition) is 3. The molecule has 0 bridgehead atoms. The lowest BCUT2D eigenvalue weighted by molar-refractivity contribution is 0.593. The summed E-state index contributed by atoms with van der Waals surface area (Å²) in [6, 6.07) is 73.9. The van der Waals surface area contributed by atoms with Gasteiger partial charge in [-0.05, 0) is 83.4 Å². The molecular formula is C54H35N2O2P. The Bertz CT molecular complexity index is 3460. The molecule has 1 atom stereocenters. The summed E-state index contributed by atoms with van der Waals surface area (Å²) < 4.78 is 24.1. The average Bonchev–Trinajstić information content (AvgIpc) is 3.93. The van der Waals surface area contributed by atoms with E-state index in [0.717, 1.165) is 99.3 Å². The van der Waals surface area contributed by atoms with Gasteiger partial charge in [-0.1, -0.05) is 140 Å². The summed E-state index contributed by atoms with van der Waals surface area (Å²) in [5.41, 5.74) is 12.5. The number of rotatable bonds is 6. The van der Waals surface area contributed by atoms with E-state index in [1.54, 1.807) is 0 Å². The molecule has 0 saturated heterocycles. The highest BCUT2D eigenvalue weighted by Crippen LogP contribution is 2.55. The van der Waals surface area contributed by atoms with Crippen LogP contribution in [0.25, 0.3) is 71.7 Å². The molecule has 0 fully saturated rings. The lowest BCUT2D eigenvalue weighted by Crippen LogP contribution is -2.20. The Morgan fingerprint density at radius 1 is 0.441 bits per heavy atom. The van der Waals surface area contributed by atoms with E-state index in [1.165, 1.54) is 5.39 Å². The maximum Gasteiger partial charge on any atom is 0.172 e. The lowest BCUT2D eigenvalue weighted by Gasteiger charge is -2.25. The molecule has 0 amide bonds. The van der Waals surface area contributed by atoms with Gasteiger partial charge in [0, 0.05) is 71.8 Å². The van der Waals surface area contributed by atoms with Gasteiger partial charge in [-0.2, -0.15) is 0 Å². The highest BCUT2D eigenvalue weighted by atomic mass is 31.2. The molecule has 1 unspecified atom stereocenters. The van der Waals surface area contributed by atoms with Crippen LogP contribution in [0.1, 0.15) is 0 Å². The Morgan fingerprint density at radius 2 is 1.03 bits per heavy atom. The van der Waals surface area contributed by atoms with Crippen LogP contribution in [0.3, 0.4) is 0 Å². The third-order valence-electron chi connectivity index (χ3n) is 12.0. The zero-order valence-electron chi connectivity index (χ0n) is 31.9. The van der Waals surface area contributed by atoms with Crippen LogP contribution in [0.4, 0.5) is 17.1 Å². The molecule has 11 aromatic rings. The van der Waals surface area contributed by atoms with E-state index in [1.807, 2.05) is 54.6 Å². The fraction of sp³-hybridized carbons (Fsp3) is 0. The molecule has 5 heteroatoms. The van der Waals surface area contributed by atoms with Crippen LogP contribution >= 0.6 is 7.14 Å². The monoisotopic (exact) mass is 774 g/mol. The van der Waals surface area contributed by atoms with Crippen LogP contribution in [0.15, 0.2) is 217 Å². The van der Waals surface area contributed by atoms with Crippen molar-refractivity contribution in [2.75, 3.05) is 4.90 Å². The van der Waals surface area contributed by atoms with Gasteiger partial charge in [0.15, 0.2) is 7.14 Å². The summed E-state index contributed by atoms with van der Waals surface area (Å²) >= 11 is 0. The standard InChI is InChI=1S/C54H35N2O2P/c57-59(42-15-5-2-6-16-42)51-22-12-9-19-47(51)53-52(59)34-33-46-43-17-7-10-20-48(43)56(54(46)53)40-29-25-37(26-30-40)36-23-27-39(28-24-36)55(38-13-3-1-4-14-38)41-31-32-45-44-18-8-11-21-49(44)58-50(45)35-41/h1-35H. The largest absolute Gasteiger partial charge is 0.456 e. The number of para-hydroxylation sites is 3. The predicted octanol–water partition coefficient (Wildman–Crippen LogP) is 13.4. The molecule has 12 rings (SSSR count). The van der Waals surface area contributed by atoms with Gasteiger partial charge in [0.1, 0.15) is 11.2 Å².